The summed E-state index contributed by atoms with van der Waals surface area (Å²) in [6.45, 7) is 5.86. The number of aromatic nitrogens is 3. The van der Waals surface area contributed by atoms with E-state index in [0.717, 1.165) is 22.0 Å². The molecule has 27 heavy (non-hydrogen) atoms. The summed E-state index contributed by atoms with van der Waals surface area (Å²) in [5.74, 6) is 0.496. The fourth-order valence-electron chi connectivity index (χ4n) is 2.79. The molecule has 0 spiro atoms. The SMILES string of the molecule is C/C=C/C=C/C(=O)Nc1c(C#N)cnn1-c1cc(C)c2cccc(C)c2n1. The van der Waals surface area contributed by atoms with Gasteiger partial charge in [-0.3, -0.25) is 4.79 Å². The summed E-state index contributed by atoms with van der Waals surface area (Å²) >= 11 is 0. The Balaban J connectivity index is 2.09. The van der Waals surface area contributed by atoms with Crippen LogP contribution in [-0.4, -0.2) is 20.7 Å². The van der Waals surface area contributed by atoms with Gasteiger partial charge in [-0.1, -0.05) is 36.4 Å². The van der Waals surface area contributed by atoms with Crippen LogP contribution < -0.4 is 5.32 Å². The molecule has 0 aliphatic heterocycles. The summed E-state index contributed by atoms with van der Waals surface area (Å²) < 4.78 is 1.48. The van der Waals surface area contributed by atoms with Crippen LogP contribution in [0.3, 0.4) is 0 Å². The van der Waals surface area contributed by atoms with Gasteiger partial charge in [-0.25, -0.2) is 4.98 Å². The zero-order valence-electron chi connectivity index (χ0n) is 15.4. The van der Waals surface area contributed by atoms with Crippen LogP contribution in [-0.2, 0) is 4.79 Å². The Morgan fingerprint density at radius 3 is 2.81 bits per heavy atom. The largest absolute Gasteiger partial charge is 0.306 e. The summed E-state index contributed by atoms with van der Waals surface area (Å²) in [4.78, 5) is 16.9. The molecule has 0 aliphatic rings. The first kappa shape index (κ1) is 18.1. The molecule has 0 radical (unpaired) electrons. The zero-order chi connectivity index (χ0) is 19.4. The minimum Gasteiger partial charge on any atom is -0.306 e. The van der Waals surface area contributed by atoms with Gasteiger partial charge in [-0.15, -0.1) is 0 Å². The predicted molar refractivity (Wildman–Crippen MR) is 106 cm³/mol. The van der Waals surface area contributed by atoms with Crippen molar-refractivity contribution in [3.8, 4) is 11.9 Å². The second-order valence-electron chi connectivity index (χ2n) is 6.07. The first-order valence-corrected chi connectivity index (χ1v) is 8.51. The molecule has 1 amide bonds. The molecule has 0 aliphatic carbocycles. The maximum atomic E-state index is 12.2. The Morgan fingerprint density at radius 1 is 1.26 bits per heavy atom. The molecule has 0 saturated heterocycles. The average Bonchev–Trinajstić information content (AvgIpc) is 3.05. The molecular formula is C21H19N5O. The van der Waals surface area contributed by atoms with Crippen molar-refractivity contribution in [2.75, 3.05) is 5.32 Å². The van der Waals surface area contributed by atoms with Crippen molar-refractivity contribution in [1.82, 2.24) is 14.8 Å². The molecule has 2 aromatic heterocycles. The van der Waals surface area contributed by atoms with Gasteiger partial charge >= 0.3 is 0 Å². The number of aryl methyl sites for hydroxylation is 2. The lowest BCUT2D eigenvalue weighted by molar-refractivity contribution is -0.111. The number of pyridine rings is 1. The third-order valence-electron chi connectivity index (χ3n) is 4.13. The molecule has 6 heteroatoms. The highest BCUT2D eigenvalue weighted by molar-refractivity contribution is 5.99. The number of carbonyl (C=O) groups excluding carboxylic acids is 1. The van der Waals surface area contributed by atoms with Crippen LogP contribution in [0.15, 0.2) is 54.8 Å². The average molecular weight is 357 g/mol. The van der Waals surface area contributed by atoms with Crippen LogP contribution in [0.2, 0.25) is 0 Å². The van der Waals surface area contributed by atoms with Gasteiger partial charge in [-0.2, -0.15) is 15.0 Å². The molecule has 1 N–H and O–H groups in total. The highest BCUT2D eigenvalue weighted by Gasteiger charge is 2.16. The van der Waals surface area contributed by atoms with E-state index in [4.69, 9.17) is 4.98 Å². The van der Waals surface area contributed by atoms with E-state index >= 15 is 0 Å². The smallest absolute Gasteiger partial charge is 0.249 e. The lowest BCUT2D eigenvalue weighted by atomic mass is 10.1. The number of nitriles is 1. The number of hydrogen-bond donors (Lipinski definition) is 1. The lowest BCUT2D eigenvalue weighted by Gasteiger charge is -2.11. The van der Waals surface area contributed by atoms with Gasteiger partial charge in [0.1, 0.15) is 11.6 Å². The molecule has 1 aromatic carbocycles. The van der Waals surface area contributed by atoms with Gasteiger partial charge in [0.25, 0.3) is 0 Å². The highest BCUT2D eigenvalue weighted by Crippen LogP contribution is 2.25. The van der Waals surface area contributed by atoms with E-state index in [1.807, 2.05) is 51.1 Å². The van der Waals surface area contributed by atoms with E-state index in [1.165, 1.54) is 17.0 Å². The van der Waals surface area contributed by atoms with E-state index in [-0.39, 0.29) is 11.5 Å². The third kappa shape index (κ3) is 3.62. The number of nitrogens with one attached hydrogen (secondary N) is 1. The van der Waals surface area contributed by atoms with Gasteiger partial charge in [-0.05, 0) is 38.0 Å². The second-order valence-corrected chi connectivity index (χ2v) is 6.07. The minimum atomic E-state index is -0.347. The molecule has 0 unspecified atom stereocenters. The number of nitrogens with zero attached hydrogens (tertiary/aromatic N) is 4. The maximum absolute atomic E-state index is 12.2. The van der Waals surface area contributed by atoms with Crippen LogP contribution in [0, 0.1) is 25.2 Å². The predicted octanol–water partition coefficient (Wildman–Crippen LogP) is 3.98. The zero-order valence-corrected chi connectivity index (χ0v) is 15.4. The van der Waals surface area contributed by atoms with Crippen LogP contribution >= 0.6 is 0 Å². The molecule has 3 aromatic rings. The number of benzene rings is 1. The molecule has 0 saturated carbocycles. The minimum absolute atomic E-state index is 0.270. The monoisotopic (exact) mass is 357 g/mol. The third-order valence-corrected chi connectivity index (χ3v) is 4.13. The van der Waals surface area contributed by atoms with Crippen LogP contribution in [0.1, 0.15) is 23.6 Å². The molecule has 134 valence electrons. The second kappa shape index (κ2) is 7.67. The van der Waals surface area contributed by atoms with Gasteiger partial charge in [0.15, 0.2) is 11.6 Å². The lowest BCUT2D eigenvalue weighted by Crippen LogP contribution is -2.14. The fourth-order valence-corrected chi connectivity index (χ4v) is 2.79. The Hall–Kier alpha value is -3.72. The highest BCUT2D eigenvalue weighted by atomic mass is 16.1. The molecule has 2 heterocycles. The van der Waals surface area contributed by atoms with Crippen molar-refractivity contribution in [2.45, 2.75) is 20.8 Å². The van der Waals surface area contributed by atoms with E-state index in [2.05, 4.69) is 16.5 Å². The molecule has 0 atom stereocenters. The number of hydrogen-bond acceptors (Lipinski definition) is 4. The number of amides is 1. The van der Waals surface area contributed by atoms with Crippen molar-refractivity contribution in [3.05, 3.63) is 71.5 Å². The van der Waals surface area contributed by atoms with Gasteiger partial charge < -0.3 is 5.32 Å². The summed E-state index contributed by atoms with van der Waals surface area (Å²) in [6, 6.07) is 9.96. The number of allylic oxidation sites excluding steroid dienone is 3. The molecule has 0 bridgehead atoms. The van der Waals surface area contributed by atoms with Gasteiger partial charge in [0.2, 0.25) is 5.91 Å². The molecule has 0 fully saturated rings. The quantitative estimate of drug-likeness (QED) is 0.565. The topological polar surface area (TPSA) is 83.6 Å². The van der Waals surface area contributed by atoms with E-state index in [0.29, 0.717) is 11.6 Å². The van der Waals surface area contributed by atoms with Crippen LogP contribution in [0.25, 0.3) is 16.7 Å². The Kier molecular flexibility index (Phi) is 5.13. The number of anilines is 1. The van der Waals surface area contributed by atoms with Crippen molar-refractivity contribution in [3.63, 3.8) is 0 Å². The summed E-state index contributed by atoms with van der Waals surface area (Å²) in [6.07, 6.45) is 8.01. The summed E-state index contributed by atoms with van der Waals surface area (Å²) in [7, 11) is 0. The number of rotatable bonds is 4. The van der Waals surface area contributed by atoms with Crippen molar-refractivity contribution in [1.29, 1.82) is 5.26 Å². The molecule has 6 nitrogen and oxygen atoms in total. The van der Waals surface area contributed by atoms with Crippen molar-refractivity contribution in [2.24, 2.45) is 0 Å². The Bertz CT molecular complexity index is 1120. The first-order valence-electron chi connectivity index (χ1n) is 8.51. The number of fused-ring (bicyclic) bond motifs is 1. The maximum Gasteiger partial charge on any atom is 0.249 e. The summed E-state index contributed by atoms with van der Waals surface area (Å²) in [5.41, 5.74) is 3.22. The first-order chi connectivity index (χ1) is 13.0. The van der Waals surface area contributed by atoms with Gasteiger partial charge in [0.05, 0.1) is 11.7 Å². The molecular weight excluding hydrogens is 338 g/mol. The Labute approximate surface area is 157 Å². The normalized spacial score (nSPS) is 11.3. The molecule has 3 rings (SSSR count). The van der Waals surface area contributed by atoms with E-state index < -0.39 is 0 Å². The van der Waals surface area contributed by atoms with Gasteiger partial charge in [0, 0.05) is 11.5 Å². The fraction of sp³-hybridized carbons (Fsp3) is 0.143. The van der Waals surface area contributed by atoms with Crippen LogP contribution in [0.4, 0.5) is 5.82 Å². The Morgan fingerprint density at radius 2 is 2.07 bits per heavy atom. The van der Waals surface area contributed by atoms with Crippen LogP contribution in [0.5, 0.6) is 0 Å². The number of carbonyl (C=O) groups is 1. The van der Waals surface area contributed by atoms with Crippen molar-refractivity contribution < 1.29 is 4.79 Å². The summed E-state index contributed by atoms with van der Waals surface area (Å²) in [5, 5.41) is 17.4. The van der Waals surface area contributed by atoms with E-state index in [9.17, 15) is 10.1 Å². The standard InChI is InChI=1S/C21H19N5O/c1-4-5-6-10-19(27)25-21-16(12-22)13-23-26(21)18-11-15(3)17-9-7-8-14(2)20(17)24-18/h4-11,13H,1-3H3,(H,25,27)/b5-4+,10-6+. The number of para-hydroxylation sites is 1. The van der Waals surface area contributed by atoms with Crippen molar-refractivity contribution >= 4 is 22.6 Å². The van der Waals surface area contributed by atoms with E-state index in [1.54, 1.807) is 12.2 Å².